The summed E-state index contributed by atoms with van der Waals surface area (Å²) in [5.41, 5.74) is 1.08. The monoisotopic (exact) mass is 478 g/mol. The van der Waals surface area contributed by atoms with Gasteiger partial charge in [0.25, 0.3) is 5.89 Å². The fraction of sp³-hybridized carbons (Fsp3) is 0.385. The Kier molecular flexibility index (Phi) is 7.15. The maximum atomic E-state index is 12.6. The third kappa shape index (κ3) is 6.12. The first-order valence-electron chi connectivity index (χ1n) is 11.9. The number of fused-ring (bicyclic) bond motifs is 1. The molecule has 184 valence electrons. The molecule has 1 fully saturated rings. The number of piperazine rings is 1. The van der Waals surface area contributed by atoms with E-state index >= 15 is 0 Å². The van der Waals surface area contributed by atoms with E-state index < -0.39 is 0 Å². The summed E-state index contributed by atoms with van der Waals surface area (Å²) in [5.74, 6) is 2.31. The van der Waals surface area contributed by atoms with Crippen molar-refractivity contribution in [1.29, 1.82) is 0 Å². The maximum absolute atomic E-state index is 12.6. The Balaban J connectivity index is 1.10. The number of nitrogens with one attached hydrogen (secondary N) is 1. The summed E-state index contributed by atoms with van der Waals surface area (Å²) in [4.78, 5) is 21.3. The first-order valence-corrected chi connectivity index (χ1v) is 11.9. The second-order valence-corrected chi connectivity index (χ2v) is 8.85. The Morgan fingerprint density at radius 2 is 1.94 bits per heavy atom. The van der Waals surface area contributed by atoms with Crippen molar-refractivity contribution in [2.24, 2.45) is 0 Å². The van der Waals surface area contributed by atoms with Crippen LogP contribution in [0.3, 0.4) is 0 Å². The average Bonchev–Trinajstić information content (AvgIpc) is 3.36. The number of carbonyl (C=O) groups is 1. The van der Waals surface area contributed by atoms with Crippen molar-refractivity contribution < 1.29 is 23.4 Å². The Bertz CT molecular complexity index is 1130. The molecule has 9 heteroatoms. The molecular weight excluding hydrogens is 448 g/mol. The molecule has 3 aromatic rings. The first-order chi connectivity index (χ1) is 17.1. The topological polar surface area (TPSA) is 89.3 Å². The molecule has 3 heterocycles. The zero-order valence-corrected chi connectivity index (χ0v) is 19.8. The lowest BCUT2D eigenvalue weighted by Crippen LogP contribution is -2.43. The van der Waals surface area contributed by atoms with E-state index in [0.29, 0.717) is 42.8 Å². The van der Waals surface area contributed by atoms with Gasteiger partial charge in [-0.15, -0.1) is 0 Å². The molecule has 1 amide bonds. The number of oxazole rings is 1. The molecule has 0 aliphatic carbocycles. The molecule has 5 rings (SSSR count). The fourth-order valence-corrected chi connectivity index (χ4v) is 4.02. The van der Waals surface area contributed by atoms with Crippen LogP contribution in [0.1, 0.15) is 22.0 Å². The third-order valence-corrected chi connectivity index (χ3v) is 6.10. The van der Waals surface area contributed by atoms with E-state index in [1.807, 2.05) is 48.5 Å². The summed E-state index contributed by atoms with van der Waals surface area (Å²) < 4.78 is 23.4. The van der Waals surface area contributed by atoms with Crippen molar-refractivity contribution in [2.75, 3.05) is 46.4 Å². The minimum absolute atomic E-state index is 0.0582. The van der Waals surface area contributed by atoms with Gasteiger partial charge in [0.2, 0.25) is 0 Å². The van der Waals surface area contributed by atoms with Gasteiger partial charge >= 0.3 is 5.91 Å². The molecule has 0 unspecified atom stereocenters. The molecule has 1 saturated heterocycles. The molecule has 35 heavy (non-hydrogen) atoms. The van der Waals surface area contributed by atoms with Crippen LogP contribution in [-0.4, -0.2) is 73.2 Å². The van der Waals surface area contributed by atoms with Crippen molar-refractivity contribution in [3.8, 4) is 17.2 Å². The van der Waals surface area contributed by atoms with E-state index in [4.69, 9.17) is 18.6 Å². The van der Waals surface area contributed by atoms with E-state index in [0.717, 1.165) is 31.7 Å². The zero-order valence-electron chi connectivity index (χ0n) is 19.8. The highest BCUT2D eigenvalue weighted by Gasteiger charge is 2.24. The summed E-state index contributed by atoms with van der Waals surface area (Å²) in [6.07, 6.45) is 1.29. The van der Waals surface area contributed by atoms with Gasteiger partial charge in [0.1, 0.15) is 30.8 Å². The highest BCUT2D eigenvalue weighted by Crippen LogP contribution is 2.35. The molecule has 0 spiro atoms. The van der Waals surface area contributed by atoms with Crippen molar-refractivity contribution in [3.63, 3.8) is 0 Å². The molecular formula is C26H30N4O5. The van der Waals surface area contributed by atoms with E-state index in [1.165, 1.54) is 0 Å². The van der Waals surface area contributed by atoms with Gasteiger partial charge in [-0.05, 0) is 24.7 Å². The number of amides is 1. The predicted octanol–water partition coefficient (Wildman–Crippen LogP) is 2.57. The lowest BCUT2D eigenvalue weighted by Gasteiger charge is -2.31. The van der Waals surface area contributed by atoms with Crippen LogP contribution in [0.15, 0.2) is 59.1 Å². The van der Waals surface area contributed by atoms with Gasteiger partial charge in [-0.3, -0.25) is 9.69 Å². The van der Waals surface area contributed by atoms with Gasteiger partial charge < -0.3 is 28.8 Å². The number of benzene rings is 2. The van der Waals surface area contributed by atoms with Crippen LogP contribution in [0.25, 0.3) is 0 Å². The second-order valence-electron chi connectivity index (χ2n) is 8.85. The minimum atomic E-state index is -0.371. The van der Waals surface area contributed by atoms with Crippen molar-refractivity contribution in [2.45, 2.75) is 19.3 Å². The summed E-state index contributed by atoms with van der Waals surface area (Å²) >= 11 is 0. The van der Waals surface area contributed by atoms with Crippen LogP contribution in [0.5, 0.6) is 17.2 Å². The van der Waals surface area contributed by atoms with Crippen LogP contribution < -0.4 is 19.5 Å². The Morgan fingerprint density at radius 3 is 2.77 bits per heavy atom. The van der Waals surface area contributed by atoms with Crippen LogP contribution in [-0.2, 0) is 13.2 Å². The zero-order chi connectivity index (χ0) is 24.0. The largest absolute Gasteiger partial charge is 0.489 e. The normalized spacial score (nSPS) is 18.3. The van der Waals surface area contributed by atoms with Crippen LogP contribution in [0.2, 0.25) is 0 Å². The van der Waals surface area contributed by atoms with E-state index in [-0.39, 0.29) is 24.4 Å². The van der Waals surface area contributed by atoms with Crippen LogP contribution >= 0.6 is 0 Å². The number of carbonyl (C=O) groups excluding carboxylic acids is 1. The Hall–Kier alpha value is -3.56. The second kappa shape index (κ2) is 10.8. The molecule has 0 saturated carbocycles. The Labute approximate surface area is 204 Å². The van der Waals surface area contributed by atoms with E-state index in [9.17, 15) is 4.79 Å². The lowest BCUT2D eigenvalue weighted by molar-refractivity contribution is 0.0763. The average molecular weight is 479 g/mol. The molecule has 1 atom stereocenters. The number of aromatic nitrogens is 1. The quantitative estimate of drug-likeness (QED) is 0.529. The third-order valence-electron chi connectivity index (χ3n) is 6.10. The van der Waals surface area contributed by atoms with Gasteiger partial charge in [-0.1, -0.05) is 30.3 Å². The van der Waals surface area contributed by atoms with E-state index in [2.05, 4.69) is 27.1 Å². The number of hydrogen-bond donors (Lipinski definition) is 1. The van der Waals surface area contributed by atoms with Gasteiger partial charge in [-0.2, -0.15) is 0 Å². The number of nitrogens with zero attached hydrogens (tertiary/aromatic N) is 3. The lowest BCUT2D eigenvalue weighted by atomic mass is 10.2. The molecule has 2 aliphatic rings. The molecule has 1 aromatic heterocycles. The summed E-state index contributed by atoms with van der Waals surface area (Å²) in [5, 5.41) is 2.83. The van der Waals surface area contributed by atoms with Crippen molar-refractivity contribution >= 4 is 5.91 Å². The summed E-state index contributed by atoms with van der Waals surface area (Å²) in [6, 6.07) is 15.5. The van der Waals surface area contributed by atoms with Gasteiger partial charge in [0.05, 0.1) is 19.3 Å². The smallest absolute Gasteiger partial charge is 0.307 e. The number of ether oxygens (including phenoxy) is 3. The van der Waals surface area contributed by atoms with Gasteiger partial charge in [-0.25, -0.2) is 4.98 Å². The number of likely N-dealkylation sites (N-methyl/N-ethyl adjacent to an activating group) is 1. The maximum Gasteiger partial charge on any atom is 0.307 e. The Morgan fingerprint density at radius 1 is 1.11 bits per heavy atom. The highest BCUT2D eigenvalue weighted by molar-refractivity contribution is 5.89. The molecule has 1 N–H and O–H groups in total. The SMILES string of the molecule is CN1CCN(Cc2cnc(C(=O)NC[C@@H]3COc4ccc(OCc5ccccc5)cc4O3)o2)CC1. The number of rotatable bonds is 8. The first kappa shape index (κ1) is 23.2. The fourth-order valence-electron chi connectivity index (χ4n) is 4.02. The highest BCUT2D eigenvalue weighted by atomic mass is 16.6. The van der Waals surface area contributed by atoms with Crippen LogP contribution in [0, 0.1) is 0 Å². The predicted molar refractivity (Wildman–Crippen MR) is 129 cm³/mol. The molecule has 2 aliphatic heterocycles. The molecule has 9 nitrogen and oxygen atoms in total. The molecule has 0 radical (unpaired) electrons. The number of hydrogen-bond acceptors (Lipinski definition) is 8. The van der Waals surface area contributed by atoms with Crippen molar-refractivity contribution in [1.82, 2.24) is 20.1 Å². The van der Waals surface area contributed by atoms with Gasteiger partial charge in [0.15, 0.2) is 11.5 Å². The van der Waals surface area contributed by atoms with Crippen molar-refractivity contribution in [3.05, 3.63) is 71.9 Å². The van der Waals surface area contributed by atoms with Gasteiger partial charge in [0, 0.05) is 32.2 Å². The molecule has 0 bridgehead atoms. The standard InChI is InChI=1S/C26H30N4O5/c1-29-9-11-30(12-10-29)16-21-14-28-26(35-21)25(31)27-15-22-18-33-23-8-7-20(13-24(23)34-22)32-17-19-5-3-2-4-6-19/h2-8,13-14,22H,9-12,15-18H2,1H3,(H,27,31)/t22-/m1/s1. The van der Waals surface area contributed by atoms with Crippen LogP contribution in [0.4, 0.5) is 0 Å². The molecule has 2 aromatic carbocycles. The minimum Gasteiger partial charge on any atom is -0.489 e. The summed E-state index contributed by atoms with van der Waals surface area (Å²) in [6.45, 7) is 5.70. The summed E-state index contributed by atoms with van der Waals surface area (Å²) in [7, 11) is 2.12. The van der Waals surface area contributed by atoms with E-state index in [1.54, 1.807) is 6.20 Å².